The number of nitrogens with two attached hydrogens (primary N) is 1. The molecule has 0 unspecified atom stereocenters. The number of ether oxygens (including phenoxy) is 1. The van der Waals surface area contributed by atoms with Crippen LogP contribution in [-0.4, -0.2) is 10.9 Å². The Labute approximate surface area is 156 Å². The van der Waals surface area contributed by atoms with E-state index in [-0.39, 0.29) is 11.7 Å². The molecule has 0 fully saturated rings. The smallest absolute Gasteiger partial charge is 0.259 e. The molecule has 5 nitrogen and oxygen atoms in total. The second-order valence-electron chi connectivity index (χ2n) is 5.88. The second kappa shape index (κ2) is 7.45. The zero-order valence-corrected chi connectivity index (χ0v) is 15.2. The van der Waals surface area contributed by atoms with Crippen LogP contribution in [-0.2, 0) is 0 Å². The highest BCUT2D eigenvalue weighted by Crippen LogP contribution is 2.27. The zero-order chi connectivity index (χ0) is 18.7. The highest BCUT2D eigenvalue weighted by molar-refractivity contribution is 6.30. The van der Waals surface area contributed by atoms with E-state index < -0.39 is 0 Å². The number of pyridine rings is 1. The van der Waals surface area contributed by atoms with Crippen LogP contribution in [0, 0.1) is 13.8 Å². The van der Waals surface area contributed by atoms with Crippen molar-refractivity contribution in [2.75, 3.05) is 11.1 Å². The van der Waals surface area contributed by atoms with Crippen LogP contribution in [0.1, 0.15) is 21.6 Å². The van der Waals surface area contributed by atoms with Crippen molar-refractivity contribution in [3.8, 4) is 11.5 Å². The number of halogens is 1. The molecule has 1 amide bonds. The maximum atomic E-state index is 12.6. The average molecular weight is 368 g/mol. The van der Waals surface area contributed by atoms with E-state index in [1.54, 1.807) is 48.5 Å². The van der Waals surface area contributed by atoms with Crippen molar-refractivity contribution in [2.24, 2.45) is 0 Å². The van der Waals surface area contributed by atoms with Gasteiger partial charge in [0.25, 0.3) is 5.91 Å². The van der Waals surface area contributed by atoms with E-state index in [4.69, 9.17) is 22.1 Å². The molecular formula is C20H18ClN3O2. The Balaban J connectivity index is 1.80. The Morgan fingerprint density at radius 3 is 2.46 bits per heavy atom. The third kappa shape index (κ3) is 4.13. The molecule has 0 spiro atoms. The van der Waals surface area contributed by atoms with Gasteiger partial charge in [-0.25, -0.2) is 4.98 Å². The molecule has 6 heteroatoms. The SMILES string of the molecule is Cc1cc(C)c(C(=O)Nc2cccc(Oc3cccc(Cl)c3)c2)c(N)n1. The second-order valence-corrected chi connectivity index (χ2v) is 6.32. The van der Waals surface area contributed by atoms with Gasteiger partial charge in [0.05, 0.1) is 5.56 Å². The highest BCUT2D eigenvalue weighted by Gasteiger charge is 2.15. The molecule has 26 heavy (non-hydrogen) atoms. The van der Waals surface area contributed by atoms with Crippen LogP contribution in [0.3, 0.4) is 0 Å². The van der Waals surface area contributed by atoms with Crippen molar-refractivity contribution in [3.05, 3.63) is 76.4 Å². The van der Waals surface area contributed by atoms with Crippen LogP contribution >= 0.6 is 11.6 Å². The van der Waals surface area contributed by atoms with E-state index in [2.05, 4.69) is 10.3 Å². The molecule has 0 aliphatic rings. The van der Waals surface area contributed by atoms with Crippen molar-refractivity contribution < 1.29 is 9.53 Å². The van der Waals surface area contributed by atoms with Crippen LogP contribution in [0.15, 0.2) is 54.6 Å². The van der Waals surface area contributed by atoms with Crippen molar-refractivity contribution >= 4 is 29.0 Å². The predicted octanol–water partition coefficient (Wildman–Crippen LogP) is 4.98. The number of nitrogen functional groups attached to an aromatic ring is 1. The number of aryl methyl sites for hydroxylation is 2. The number of nitrogens with zero attached hydrogens (tertiary/aromatic N) is 1. The molecule has 0 atom stereocenters. The maximum absolute atomic E-state index is 12.6. The lowest BCUT2D eigenvalue weighted by atomic mass is 10.1. The van der Waals surface area contributed by atoms with Crippen LogP contribution in [0.5, 0.6) is 11.5 Å². The van der Waals surface area contributed by atoms with E-state index >= 15 is 0 Å². The minimum absolute atomic E-state index is 0.214. The molecular weight excluding hydrogens is 350 g/mol. The average Bonchev–Trinajstić information content (AvgIpc) is 2.54. The highest BCUT2D eigenvalue weighted by atomic mass is 35.5. The normalized spacial score (nSPS) is 10.4. The molecule has 0 saturated heterocycles. The summed E-state index contributed by atoms with van der Waals surface area (Å²) >= 11 is 5.96. The largest absolute Gasteiger partial charge is 0.457 e. The Morgan fingerprint density at radius 2 is 1.77 bits per heavy atom. The molecule has 0 saturated carbocycles. The summed E-state index contributed by atoms with van der Waals surface area (Å²) in [5.74, 6) is 1.10. The molecule has 3 N–H and O–H groups in total. The number of hydrogen-bond acceptors (Lipinski definition) is 4. The molecule has 0 radical (unpaired) electrons. The van der Waals surface area contributed by atoms with Crippen molar-refractivity contribution in [3.63, 3.8) is 0 Å². The number of carbonyl (C=O) groups excluding carboxylic acids is 1. The van der Waals surface area contributed by atoms with Crippen molar-refractivity contribution in [1.82, 2.24) is 4.98 Å². The van der Waals surface area contributed by atoms with Crippen LogP contribution in [0.4, 0.5) is 11.5 Å². The fourth-order valence-corrected chi connectivity index (χ4v) is 2.84. The monoisotopic (exact) mass is 367 g/mol. The van der Waals surface area contributed by atoms with Crippen molar-refractivity contribution in [2.45, 2.75) is 13.8 Å². The van der Waals surface area contributed by atoms with Gasteiger partial charge in [-0.2, -0.15) is 0 Å². The van der Waals surface area contributed by atoms with Gasteiger partial charge in [-0.3, -0.25) is 4.79 Å². The van der Waals surface area contributed by atoms with Gasteiger partial charge in [0.2, 0.25) is 0 Å². The third-order valence-corrected chi connectivity index (χ3v) is 3.96. The fourth-order valence-electron chi connectivity index (χ4n) is 2.66. The predicted molar refractivity (Wildman–Crippen MR) is 104 cm³/mol. The van der Waals surface area contributed by atoms with Crippen molar-refractivity contribution in [1.29, 1.82) is 0 Å². The van der Waals surface area contributed by atoms with E-state index in [1.807, 2.05) is 19.9 Å². The number of hydrogen-bond donors (Lipinski definition) is 2. The maximum Gasteiger partial charge on any atom is 0.259 e. The minimum Gasteiger partial charge on any atom is -0.457 e. The van der Waals surface area contributed by atoms with Gasteiger partial charge in [-0.1, -0.05) is 23.7 Å². The summed E-state index contributed by atoms with van der Waals surface area (Å²) in [7, 11) is 0. The van der Waals surface area contributed by atoms with Gasteiger partial charge in [0.15, 0.2) is 0 Å². The molecule has 132 valence electrons. The summed E-state index contributed by atoms with van der Waals surface area (Å²) in [5.41, 5.74) is 8.43. The summed E-state index contributed by atoms with van der Waals surface area (Å²) in [5, 5.41) is 3.42. The molecule has 2 aromatic carbocycles. The number of nitrogens with one attached hydrogen (secondary N) is 1. The van der Waals surface area contributed by atoms with Gasteiger partial charge in [0.1, 0.15) is 17.3 Å². The first-order chi connectivity index (χ1) is 12.4. The third-order valence-electron chi connectivity index (χ3n) is 3.72. The van der Waals surface area contributed by atoms with Crippen LogP contribution in [0.25, 0.3) is 0 Å². The van der Waals surface area contributed by atoms with E-state index in [1.165, 1.54) is 0 Å². The lowest BCUT2D eigenvalue weighted by Gasteiger charge is -2.12. The van der Waals surface area contributed by atoms with Gasteiger partial charge in [-0.15, -0.1) is 0 Å². The molecule has 0 aliphatic heterocycles. The zero-order valence-electron chi connectivity index (χ0n) is 14.4. The first kappa shape index (κ1) is 17.8. The molecule has 0 aliphatic carbocycles. The van der Waals surface area contributed by atoms with E-state index in [9.17, 15) is 4.79 Å². The standard InChI is InChI=1S/C20H18ClN3O2/c1-12-9-13(2)23-19(22)18(12)20(25)24-15-6-4-8-17(11-15)26-16-7-3-5-14(21)10-16/h3-11H,1-2H3,(H2,22,23)(H,24,25). The van der Waals surface area contributed by atoms with E-state index in [0.717, 1.165) is 11.3 Å². The molecule has 3 aromatic rings. The van der Waals surface area contributed by atoms with Gasteiger partial charge < -0.3 is 15.8 Å². The Morgan fingerprint density at radius 1 is 1.08 bits per heavy atom. The molecule has 0 bridgehead atoms. The number of benzene rings is 2. The lowest BCUT2D eigenvalue weighted by molar-refractivity contribution is 0.102. The van der Waals surface area contributed by atoms with Crippen LogP contribution in [0.2, 0.25) is 5.02 Å². The number of aromatic nitrogens is 1. The van der Waals surface area contributed by atoms with Gasteiger partial charge >= 0.3 is 0 Å². The topological polar surface area (TPSA) is 77.2 Å². The summed E-state index contributed by atoms with van der Waals surface area (Å²) in [6.07, 6.45) is 0. The fraction of sp³-hybridized carbons (Fsp3) is 0.100. The summed E-state index contributed by atoms with van der Waals surface area (Å²) in [4.78, 5) is 16.8. The number of rotatable bonds is 4. The summed E-state index contributed by atoms with van der Waals surface area (Å²) in [6, 6.07) is 16.0. The first-order valence-electron chi connectivity index (χ1n) is 8.01. The Bertz CT molecular complexity index is 950. The Hall–Kier alpha value is -3.05. The number of carbonyl (C=O) groups is 1. The van der Waals surface area contributed by atoms with Gasteiger partial charge in [0, 0.05) is 22.5 Å². The number of amides is 1. The quantitative estimate of drug-likeness (QED) is 0.681. The van der Waals surface area contributed by atoms with Crippen LogP contribution < -0.4 is 15.8 Å². The van der Waals surface area contributed by atoms with Gasteiger partial charge in [-0.05, 0) is 55.8 Å². The molecule has 3 rings (SSSR count). The summed E-state index contributed by atoms with van der Waals surface area (Å²) < 4.78 is 5.78. The minimum atomic E-state index is -0.313. The number of anilines is 2. The molecule has 1 aromatic heterocycles. The van der Waals surface area contributed by atoms with E-state index in [0.29, 0.717) is 27.8 Å². The Kier molecular flexibility index (Phi) is 5.09. The lowest BCUT2D eigenvalue weighted by Crippen LogP contribution is -2.17. The summed E-state index contributed by atoms with van der Waals surface area (Å²) in [6.45, 7) is 3.67. The molecule has 1 heterocycles. The first-order valence-corrected chi connectivity index (χ1v) is 8.39.